The smallest absolute Gasteiger partial charge is 0.351 e. The summed E-state index contributed by atoms with van der Waals surface area (Å²) in [6.45, 7) is 2.12. The van der Waals surface area contributed by atoms with Gasteiger partial charge in [-0.3, -0.25) is 9.59 Å². The predicted molar refractivity (Wildman–Crippen MR) is 111 cm³/mol. The van der Waals surface area contributed by atoms with Crippen molar-refractivity contribution in [3.05, 3.63) is 47.7 Å². The van der Waals surface area contributed by atoms with Gasteiger partial charge < -0.3 is 19.7 Å². The largest absolute Gasteiger partial charge is 0.462 e. The fourth-order valence-corrected chi connectivity index (χ4v) is 4.89. The second-order valence-corrected chi connectivity index (χ2v) is 8.14. The molecule has 4 heterocycles. The molecule has 3 atom stereocenters. The summed E-state index contributed by atoms with van der Waals surface area (Å²) >= 11 is 0. The number of para-hydroxylation sites is 1. The lowest BCUT2D eigenvalue weighted by Crippen LogP contribution is -2.61. The topological polar surface area (TPSA) is 97.8 Å². The van der Waals surface area contributed by atoms with Crippen LogP contribution in [0.2, 0.25) is 0 Å². The number of likely N-dealkylation sites (N-methyl/N-ethyl adjacent to an activating group) is 1. The zero-order valence-corrected chi connectivity index (χ0v) is 17.4. The standard InChI is InChI=1S/C23H23N3O5/c1-3-23(31-19(27)10-24-2)16-9-18-20-14(8-13-6-4-5-7-17(13)25-20)11-26(18)21(28)15(16)12-30-22(23)29/h4-9,15-16,24H,3,10-12H2,1-2H3/t15?,16?,23-/m0/s1. The van der Waals surface area contributed by atoms with Gasteiger partial charge >= 0.3 is 11.9 Å². The first-order chi connectivity index (χ1) is 15.0. The molecular weight excluding hydrogens is 398 g/mol. The summed E-state index contributed by atoms with van der Waals surface area (Å²) in [6, 6.07) is 9.85. The van der Waals surface area contributed by atoms with Crippen molar-refractivity contribution in [2.24, 2.45) is 11.8 Å². The van der Waals surface area contributed by atoms with Crippen LogP contribution in [-0.2, 0) is 30.4 Å². The summed E-state index contributed by atoms with van der Waals surface area (Å²) in [6.07, 6.45) is 2.09. The Morgan fingerprint density at radius 1 is 1.35 bits per heavy atom. The number of amides is 1. The van der Waals surface area contributed by atoms with Crippen LogP contribution in [0.15, 0.2) is 36.4 Å². The fourth-order valence-electron chi connectivity index (χ4n) is 4.89. The van der Waals surface area contributed by atoms with E-state index >= 15 is 0 Å². The molecule has 2 aromatic rings. The van der Waals surface area contributed by atoms with E-state index in [1.807, 2.05) is 30.3 Å². The molecule has 1 fully saturated rings. The SMILES string of the molecule is CC[C@@]1(OC(=O)CNC)C(=O)OCC2C(=O)N3Cc4cc5ccccc5nc4C3=CC21. The van der Waals surface area contributed by atoms with Crippen LogP contribution in [0.4, 0.5) is 0 Å². The van der Waals surface area contributed by atoms with Crippen molar-refractivity contribution in [2.45, 2.75) is 25.5 Å². The van der Waals surface area contributed by atoms with Crippen LogP contribution in [0.3, 0.4) is 0 Å². The van der Waals surface area contributed by atoms with Crippen LogP contribution in [0.1, 0.15) is 24.6 Å². The van der Waals surface area contributed by atoms with Crippen LogP contribution in [-0.4, -0.2) is 53.5 Å². The van der Waals surface area contributed by atoms with Gasteiger partial charge in [0.25, 0.3) is 0 Å². The van der Waals surface area contributed by atoms with Crippen LogP contribution in [0.25, 0.3) is 16.6 Å². The normalized spacial score (nSPS) is 26.6. The van der Waals surface area contributed by atoms with Crippen molar-refractivity contribution in [1.82, 2.24) is 15.2 Å². The van der Waals surface area contributed by atoms with Crippen molar-refractivity contribution in [3.63, 3.8) is 0 Å². The van der Waals surface area contributed by atoms with E-state index < -0.39 is 29.4 Å². The quantitative estimate of drug-likeness (QED) is 0.750. The number of nitrogens with one attached hydrogen (secondary N) is 1. The summed E-state index contributed by atoms with van der Waals surface area (Å²) in [5.74, 6) is -2.53. The van der Waals surface area contributed by atoms with Gasteiger partial charge in [0.1, 0.15) is 6.61 Å². The van der Waals surface area contributed by atoms with Gasteiger partial charge in [0.15, 0.2) is 0 Å². The van der Waals surface area contributed by atoms with Gasteiger partial charge in [0, 0.05) is 16.9 Å². The van der Waals surface area contributed by atoms with E-state index in [0.717, 1.165) is 22.2 Å². The molecule has 3 aliphatic heterocycles. The number of carbonyl (C=O) groups is 3. The van der Waals surface area contributed by atoms with E-state index in [2.05, 4.69) is 11.4 Å². The van der Waals surface area contributed by atoms with Crippen molar-refractivity contribution in [2.75, 3.05) is 20.2 Å². The summed E-state index contributed by atoms with van der Waals surface area (Å²) in [5.41, 5.74) is 1.66. The Hall–Kier alpha value is -3.26. The number of hydrogen-bond donors (Lipinski definition) is 1. The molecule has 1 saturated heterocycles. The third-order valence-electron chi connectivity index (χ3n) is 6.44. The minimum atomic E-state index is -1.54. The minimum Gasteiger partial charge on any atom is -0.462 e. The number of cyclic esters (lactones) is 1. The van der Waals surface area contributed by atoms with Crippen molar-refractivity contribution in [3.8, 4) is 0 Å². The molecule has 2 unspecified atom stereocenters. The predicted octanol–water partition coefficient (Wildman–Crippen LogP) is 1.63. The zero-order valence-electron chi connectivity index (χ0n) is 17.4. The Labute approximate surface area is 179 Å². The Morgan fingerprint density at radius 3 is 2.94 bits per heavy atom. The second kappa shape index (κ2) is 7.16. The van der Waals surface area contributed by atoms with Gasteiger partial charge in [-0.25, -0.2) is 9.78 Å². The van der Waals surface area contributed by atoms with E-state index in [1.54, 1.807) is 18.9 Å². The number of ether oxygens (including phenoxy) is 2. The summed E-state index contributed by atoms with van der Waals surface area (Å²) in [5, 5.41) is 3.74. The highest BCUT2D eigenvalue weighted by atomic mass is 16.6. The van der Waals surface area contributed by atoms with E-state index in [1.165, 1.54) is 0 Å². The number of fused-ring (bicyclic) bond motifs is 5. The molecule has 0 spiro atoms. The maximum absolute atomic E-state index is 13.4. The average molecular weight is 421 g/mol. The third kappa shape index (κ3) is 2.85. The number of carbonyl (C=O) groups excluding carboxylic acids is 3. The van der Waals surface area contributed by atoms with E-state index in [9.17, 15) is 14.4 Å². The molecule has 31 heavy (non-hydrogen) atoms. The molecule has 1 amide bonds. The van der Waals surface area contributed by atoms with E-state index in [-0.39, 0.29) is 25.5 Å². The lowest BCUT2D eigenvalue weighted by Gasteiger charge is -2.46. The summed E-state index contributed by atoms with van der Waals surface area (Å²) < 4.78 is 11.1. The number of hydrogen-bond acceptors (Lipinski definition) is 7. The molecule has 1 aromatic carbocycles. The molecule has 8 heteroatoms. The van der Waals surface area contributed by atoms with Crippen LogP contribution >= 0.6 is 0 Å². The number of rotatable bonds is 4. The molecule has 0 aliphatic carbocycles. The lowest BCUT2D eigenvalue weighted by molar-refractivity contribution is -0.204. The van der Waals surface area contributed by atoms with Crippen molar-refractivity contribution in [1.29, 1.82) is 0 Å². The first-order valence-corrected chi connectivity index (χ1v) is 10.4. The van der Waals surface area contributed by atoms with E-state index in [4.69, 9.17) is 14.5 Å². The van der Waals surface area contributed by atoms with Gasteiger partial charge in [-0.1, -0.05) is 25.1 Å². The van der Waals surface area contributed by atoms with Gasteiger partial charge in [0.05, 0.1) is 35.9 Å². The van der Waals surface area contributed by atoms with Crippen LogP contribution in [0.5, 0.6) is 0 Å². The molecule has 0 saturated carbocycles. The highest BCUT2D eigenvalue weighted by Crippen LogP contribution is 2.47. The average Bonchev–Trinajstić information content (AvgIpc) is 3.12. The Balaban J connectivity index is 1.63. The number of aromatic nitrogens is 1. The highest BCUT2D eigenvalue weighted by molar-refractivity contribution is 5.97. The Bertz CT molecular complexity index is 1140. The molecule has 160 valence electrons. The van der Waals surface area contributed by atoms with Crippen molar-refractivity contribution < 1.29 is 23.9 Å². The van der Waals surface area contributed by atoms with Crippen molar-refractivity contribution >= 4 is 34.4 Å². The summed E-state index contributed by atoms with van der Waals surface area (Å²) in [7, 11) is 1.62. The maximum Gasteiger partial charge on any atom is 0.351 e. The number of pyridine rings is 1. The Morgan fingerprint density at radius 2 is 2.16 bits per heavy atom. The molecule has 1 aromatic heterocycles. The molecule has 0 bridgehead atoms. The van der Waals surface area contributed by atoms with Crippen LogP contribution in [0, 0.1) is 11.8 Å². The molecule has 0 radical (unpaired) electrons. The van der Waals surface area contributed by atoms with E-state index in [0.29, 0.717) is 12.2 Å². The molecule has 8 nitrogen and oxygen atoms in total. The molecule has 3 aliphatic rings. The van der Waals surface area contributed by atoms with Gasteiger partial charge in [-0.15, -0.1) is 0 Å². The molecule has 1 N–H and O–H groups in total. The monoisotopic (exact) mass is 421 g/mol. The second-order valence-electron chi connectivity index (χ2n) is 8.14. The first-order valence-electron chi connectivity index (χ1n) is 10.4. The third-order valence-corrected chi connectivity index (χ3v) is 6.44. The molecule has 5 rings (SSSR count). The summed E-state index contributed by atoms with van der Waals surface area (Å²) in [4.78, 5) is 45.1. The van der Waals surface area contributed by atoms with Gasteiger partial charge in [0.2, 0.25) is 11.5 Å². The number of esters is 2. The number of nitrogens with zero attached hydrogens (tertiary/aromatic N) is 2. The molecular formula is C23H23N3O5. The lowest BCUT2D eigenvalue weighted by atomic mass is 9.72. The van der Waals surface area contributed by atoms with Crippen LogP contribution < -0.4 is 5.32 Å². The highest BCUT2D eigenvalue weighted by Gasteiger charge is 2.59. The number of benzene rings is 1. The maximum atomic E-state index is 13.4. The zero-order chi connectivity index (χ0) is 21.8. The van der Waals surface area contributed by atoms with Gasteiger partial charge in [-0.05, 0) is 31.7 Å². The Kier molecular flexibility index (Phi) is 4.55. The minimum absolute atomic E-state index is 0.0281. The first kappa shape index (κ1) is 19.7. The fraction of sp³-hybridized carbons (Fsp3) is 0.391. The van der Waals surface area contributed by atoms with Gasteiger partial charge in [-0.2, -0.15) is 0 Å².